The van der Waals surface area contributed by atoms with Crippen LogP contribution in [0.5, 0.6) is 0 Å². The number of nitrogens with zero attached hydrogens (tertiary/aromatic N) is 1. The highest BCUT2D eigenvalue weighted by atomic mass is 16.1. The molecule has 1 aromatic heterocycles. The van der Waals surface area contributed by atoms with Crippen molar-refractivity contribution in [2.45, 2.75) is 6.42 Å². The molecule has 0 aliphatic carbocycles. The van der Waals surface area contributed by atoms with Crippen LogP contribution in [0.4, 0.5) is 5.82 Å². The molecule has 0 radical (unpaired) electrons. The average molecular weight is 160 g/mol. The maximum Gasteiger partial charge on any atom is 0.229 e. The third kappa shape index (κ3) is 1.21. The minimum Gasteiger partial charge on any atom is -0.310 e. The van der Waals surface area contributed by atoms with Crippen LogP contribution < -0.4 is 5.32 Å². The number of rotatable bonds is 0. The summed E-state index contributed by atoms with van der Waals surface area (Å²) in [5, 5.41) is 2.71. The van der Waals surface area contributed by atoms with E-state index in [0.29, 0.717) is 12.2 Å². The minimum absolute atomic E-state index is 0.0105. The minimum atomic E-state index is -0.0105. The van der Waals surface area contributed by atoms with Crippen molar-refractivity contribution in [1.82, 2.24) is 4.98 Å². The highest BCUT2D eigenvalue weighted by Gasteiger charge is 2.07. The van der Waals surface area contributed by atoms with Crippen LogP contribution in [0.1, 0.15) is 12.0 Å². The molecule has 1 N–H and O–H groups in total. The standard InChI is InChI=1S/C9H8N2O/c12-8-5-1-3-7-4-2-6-10-9(7)11-8/h1-4,6H,5H2,(H,10,11,12). The van der Waals surface area contributed by atoms with Gasteiger partial charge in [0.1, 0.15) is 5.82 Å². The number of amides is 1. The van der Waals surface area contributed by atoms with E-state index >= 15 is 0 Å². The third-order valence-corrected chi connectivity index (χ3v) is 1.70. The largest absolute Gasteiger partial charge is 0.310 e. The molecule has 3 heteroatoms. The number of hydrogen-bond donors (Lipinski definition) is 1. The Balaban J connectivity index is 2.48. The maximum absolute atomic E-state index is 11.0. The summed E-state index contributed by atoms with van der Waals surface area (Å²) in [7, 11) is 0. The fraction of sp³-hybridized carbons (Fsp3) is 0.111. The Morgan fingerprint density at radius 2 is 2.42 bits per heavy atom. The Morgan fingerprint density at radius 1 is 1.50 bits per heavy atom. The molecular weight excluding hydrogens is 152 g/mol. The van der Waals surface area contributed by atoms with Crippen LogP contribution in [0.25, 0.3) is 6.08 Å². The zero-order valence-electron chi connectivity index (χ0n) is 6.45. The first-order valence-electron chi connectivity index (χ1n) is 3.78. The van der Waals surface area contributed by atoms with Crippen LogP contribution >= 0.6 is 0 Å². The molecule has 1 aromatic rings. The number of pyridine rings is 1. The summed E-state index contributed by atoms with van der Waals surface area (Å²) in [6.07, 6.45) is 5.83. The Kier molecular flexibility index (Phi) is 1.63. The van der Waals surface area contributed by atoms with E-state index in [-0.39, 0.29) is 5.91 Å². The molecule has 0 bridgehead atoms. The zero-order chi connectivity index (χ0) is 8.39. The molecule has 2 rings (SSSR count). The first kappa shape index (κ1) is 7.03. The SMILES string of the molecule is O=C1CC=Cc2cccnc2N1. The van der Waals surface area contributed by atoms with Gasteiger partial charge < -0.3 is 5.32 Å². The summed E-state index contributed by atoms with van der Waals surface area (Å²) < 4.78 is 0. The van der Waals surface area contributed by atoms with Crippen molar-refractivity contribution in [2.24, 2.45) is 0 Å². The monoisotopic (exact) mass is 160 g/mol. The first-order valence-corrected chi connectivity index (χ1v) is 3.78. The lowest BCUT2D eigenvalue weighted by molar-refractivity contribution is -0.115. The summed E-state index contributed by atoms with van der Waals surface area (Å²) in [5.41, 5.74) is 0.961. The molecule has 1 aliphatic rings. The molecule has 0 aromatic carbocycles. The van der Waals surface area contributed by atoms with Crippen molar-refractivity contribution in [3.63, 3.8) is 0 Å². The topological polar surface area (TPSA) is 42.0 Å². The van der Waals surface area contributed by atoms with Crippen LogP contribution in [0.3, 0.4) is 0 Å². The Labute approximate surface area is 70.1 Å². The van der Waals surface area contributed by atoms with E-state index in [0.717, 1.165) is 5.56 Å². The van der Waals surface area contributed by atoms with Crippen molar-refractivity contribution in [3.8, 4) is 0 Å². The van der Waals surface area contributed by atoms with E-state index in [4.69, 9.17) is 0 Å². The van der Waals surface area contributed by atoms with Crippen LogP contribution in [0.15, 0.2) is 24.4 Å². The molecule has 0 unspecified atom stereocenters. The molecule has 0 fully saturated rings. The highest BCUT2D eigenvalue weighted by Crippen LogP contribution is 2.16. The lowest BCUT2D eigenvalue weighted by Crippen LogP contribution is -2.10. The zero-order valence-corrected chi connectivity index (χ0v) is 6.45. The van der Waals surface area contributed by atoms with Crippen molar-refractivity contribution < 1.29 is 4.79 Å². The van der Waals surface area contributed by atoms with E-state index in [9.17, 15) is 4.79 Å². The molecule has 0 saturated carbocycles. The second-order valence-electron chi connectivity index (χ2n) is 2.60. The number of fused-ring (bicyclic) bond motifs is 1. The number of aromatic nitrogens is 1. The van der Waals surface area contributed by atoms with E-state index in [1.54, 1.807) is 6.20 Å². The first-order chi connectivity index (χ1) is 5.86. The molecule has 3 nitrogen and oxygen atoms in total. The summed E-state index contributed by atoms with van der Waals surface area (Å²) in [6, 6.07) is 3.77. The quantitative estimate of drug-likeness (QED) is 0.623. The van der Waals surface area contributed by atoms with Crippen LogP contribution in [0, 0.1) is 0 Å². The van der Waals surface area contributed by atoms with Crippen LogP contribution in [0.2, 0.25) is 0 Å². The fourth-order valence-corrected chi connectivity index (χ4v) is 1.13. The van der Waals surface area contributed by atoms with Crippen molar-refractivity contribution in [3.05, 3.63) is 30.0 Å². The lowest BCUT2D eigenvalue weighted by atomic mass is 10.2. The lowest BCUT2D eigenvalue weighted by Gasteiger charge is -2.01. The molecule has 0 spiro atoms. The molecule has 0 saturated heterocycles. The van der Waals surface area contributed by atoms with Gasteiger partial charge in [0.2, 0.25) is 5.91 Å². The Bertz CT molecular complexity index is 344. The second kappa shape index (κ2) is 2.77. The molecule has 0 atom stereocenters. The van der Waals surface area contributed by atoms with Gasteiger partial charge in [0.05, 0.1) is 0 Å². The van der Waals surface area contributed by atoms with Gasteiger partial charge in [-0.05, 0) is 12.1 Å². The van der Waals surface area contributed by atoms with E-state index in [2.05, 4.69) is 10.3 Å². The van der Waals surface area contributed by atoms with Gasteiger partial charge in [-0.2, -0.15) is 0 Å². The van der Waals surface area contributed by atoms with E-state index in [1.807, 2.05) is 24.3 Å². The van der Waals surface area contributed by atoms with Crippen molar-refractivity contribution in [1.29, 1.82) is 0 Å². The normalized spacial score (nSPS) is 14.8. The summed E-state index contributed by atoms with van der Waals surface area (Å²) in [6.45, 7) is 0. The number of carbonyl (C=O) groups excluding carboxylic acids is 1. The predicted octanol–water partition coefficient (Wildman–Crippen LogP) is 1.44. The van der Waals surface area contributed by atoms with E-state index in [1.165, 1.54) is 0 Å². The molecule has 1 amide bonds. The van der Waals surface area contributed by atoms with Gasteiger partial charge in [0.15, 0.2) is 0 Å². The average Bonchev–Trinajstić information content (AvgIpc) is 2.25. The number of nitrogens with one attached hydrogen (secondary N) is 1. The van der Waals surface area contributed by atoms with Gasteiger partial charge >= 0.3 is 0 Å². The summed E-state index contributed by atoms with van der Waals surface area (Å²) in [4.78, 5) is 15.1. The number of carbonyl (C=O) groups is 1. The predicted molar refractivity (Wildman–Crippen MR) is 46.5 cm³/mol. The number of hydrogen-bond acceptors (Lipinski definition) is 2. The summed E-state index contributed by atoms with van der Waals surface area (Å²) in [5.74, 6) is 0.639. The molecular formula is C9H8N2O. The third-order valence-electron chi connectivity index (χ3n) is 1.70. The van der Waals surface area contributed by atoms with Gasteiger partial charge in [-0.25, -0.2) is 4.98 Å². The molecule has 60 valence electrons. The summed E-state index contributed by atoms with van der Waals surface area (Å²) >= 11 is 0. The highest BCUT2D eigenvalue weighted by molar-refractivity contribution is 5.94. The Morgan fingerprint density at radius 3 is 3.33 bits per heavy atom. The maximum atomic E-state index is 11.0. The van der Waals surface area contributed by atoms with Gasteiger partial charge in [-0.1, -0.05) is 12.2 Å². The second-order valence-corrected chi connectivity index (χ2v) is 2.60. The Hall–Kier alpha value is -1.64. The van der Waals surface area contributed by atoms with Gasteiger partial charge in [0.25, 0.3) is 0 Å². The molecule has 1 aliphatic heterocycles. The van der Waals surface area contributed by atoms with Gasteiger partial charge in [-0.15, -0.1) is 0 Å². The molecule has 2 heterocycles. The number of anilines is 1. The van der Waals surface area contributed by atoms with Gasteiger partial charge in [-0.3, -0.25) is 4.79 Å². The fourth-order valence-electron chi connectivity index (χ4n) is 1.13. The van der Waals surface area contributed by atoms with E-state index < -0.39 is 0 Å². The van der Waals surface area contributed by atoms with Crippen molar-refractivity contribution in [2.75, 3.05) is 5.32 Å². The van der Waals surface area contributed by atoms with Crippen LogP contribution in [-0.2, 0) is 4.79 Å². The molecule has 12 heavy (non-hydrogen) atoms. The van der Waals surface area contributed by atoms with Crippen molar-refractivity contribution >= 4 is 17.8 Å². The van der Waals surface area contributed by atoms with Gasteiger partial charge in [0, 0.05) is 18.2 Å². The smallest absolute Gasteiger partial charge is 0.229 e. The van der Waals surface area contributed by atoms with Crippen LogP contribution in [-0.4, -0.2) is 10.9 Å².